The molecular formula is C17H19N3O3S2. The summed E-state index contributed by atoms with van der Waals surface area (Å²) in [5.41, 5.74) is 1.36. The van der Waals surface area contributed by atoms with Crippen molar-refractivity contribution in [2.75, 3.05) is 18.4 Å². The van der Waals surface area contributed by atoms with Gasteiger partial charge in [0, 0.05) is 30.0 Å². The normalized spacial score (nSPS) is 18.4. The quantitative estimate of drug-likeness (QED) is 0.868. The Bertz CT molecular complexity index is 897. The number of anilines is 1. The van der Waals surface area contributed by atoms with Crippen LogP contribution in [0.15, 0.2) is 34.5 Å². The molecule has 1 aromatic heterocycles. The Morgan fingerprint density at radius 2 is 2.00 bits per heavy atom. The molecule has 6 nitrogen and oxygen atoms in total. The van der Waals surface area contributed by atoms with Gasteiger partial charge in [0.2, 0.25) is 10.0 Å². The lowest BCUT2D eigenvalue weighted by Crippen LogP contribution is -2.28. The first kappa shape index (κ1) is 16.7. The molecule has 4 rings (SSSR count). The largest absolute Gasteiger partial charge is 0.298 e. The van der Waals surface area contributed by atoms with Crippen molar-refractivity contribution < 1.29 is 13.2 Å². The molecule has 0 radical (unpaired) electrons. The molecule has 2 fully saturated rings. The van der Waals surface area contributed by atoms with Gasteiger partial charge in [0.25, 0.3) is 5.91 Å². The fourth-order valence-electron chi connectivity index (χ4n) is 2.95. The average Bonchev–Trinajstić information content (AvgIpc) is 3.11. The summed E-state index contributed by atoms with van der Waals surface area (Å²) in [6.07, 6.45) is 4.08. The molecule has 0 spiro atoms. The van der Waals surface area contributed by atoms with Gasteiger partial charge in [-0.15, -0.1) is 11.3 Å². The first-order valence-corrected chi connectivity index (χ1v) is 10.7. The summed E-state index contributed by atoms with van der Waals surface area (Å²) in [7, 11) is -3.53. The standard InChI is InChI=1S/C17H19N3O3S2/c21-16(19-17-18-15(11-24-17)12-6-7-12)13-4-3-5-14(10-13)25(22,23)20-8-1-2-9-20/h3-5,10-12H,1-2,6-9H2,(H,18,19,21). The van der Waals surface area contributed by atoms with Crippen LogP contribution in [0, 0.1) is 0 Å². The molecule has 1 saturated heterocycles. The summed E-state index contributed by atoms with van der Waals surface area (Å²) in [6, 6.07) is 6.21. The summed E-state index contributed by atoms with van der Waals surface area (Å²) in [4.78, 5) is 17.1. The zero-order chi connectivity index (χ0) is 17.4. The maximum atomic E-state index is 12.6. The van der Waals surface area contributed by atoms with E-state index >= 15 is 0 Å². The van der Waals surface area contributed by atoms with Crippen molar-refractivity contribution in [3.05, 3.63) is 40.9 Å². The van der Waals surface area contributed by atoms with Gasteiger partial charge in [-0.1, -0.05) is 6.07 Å². The highest BCUT2D eigenvalue weighted by molar-refractivity contribution is 7.89. The number of aromatic nitrogens is 1. The van der Waals surface area contributed by atoms with E-state index in [1.54, 1.807) is 18.2 Å². The molecule has 1 aromatic carbocycles. The number of hydrogen-bond acceptors (Lipinski definition) is 5. The molecule has 1 aliphatic heterocycles. The van der Waals surface area contributed by atoms with Crippen molar-refractivity contribution in [2.45, 2.75) is 36.5 Å². The molecular weight excluding hydrogens is 358 g/mol. The lowest BCUT2D eigenvalue weighted by Gasteiger charge is -2.15. The number of hydrogen-bond donors (Lipinski definition) is 1. The predicted octanol–water partition coefficient (Wildman–Crippen LogP) is 3.06. The highest BCUT2D eigenvalue weighted by Gasteiger charge is 2.28. The smallest absolute Gasteiger partial charge is 0.257 e. The van der Waals surface area contributed by atoms with E-state index in [1.807, 2.05) is 5.38 Å². The minimum absolute atomic E-state index is 0.167. The summed E-state index contributed by atoms with van der Waals surface area (Å²) >= 11 is 1.40. The third kappa shape index (κ3) is 3.47. The van der Waals surface area contributed by atoms with Crippen molar-refractivity contribution in [3.63, 3.8) is 0 Å². The molecule has 1 saturated carbocycles. The van der Waals surface area contributed by atoms with Crippen molar-refractivity contribution in [2.24, 2.45) is 0 Å². The SMILES string of the molecule is O=C(Nc1nc(C2CC2)cs1)c1cccc(S(=O)(=O)N2CCCC2)c1. The molecule has 1 N–H and O–H groups in total. The van der Waals surface area contributed by atoms with Crippen molar-refractivity contribution in [1.82, 2.24) is 9.29 Å². The van der Waals surface area contributed by atoms with Gasteiger partial charge >= 0.3 is 0 Å². The minimum atomic E-state index is -3.53. The lowest BCUT2D eigenvalue weighted by atomic mass is 10.2. The zero-order valence-corrected chi connectivity index (χ0v) is 15.3. The Balaban J connectivity index is 1.52. The van der Waals surface area contributed by atoms with Crippen LogP contribution in [-0.4, -0.2) is 36.7 Å². The Labute approximate surface area is 150 Å². The number of carbonyl (C=O) groups excluding carboxylic acids is 1. The van der Waals surface area contributed by atoms with Crippen LogP contribution in [0.3, 0.4) is 0 Å². The Kier molecular flexibility index (Phi) is 4.35. The monoisotopic (exact) mass is 377 g/mol. The van der Waals surface area contributed by atoms with Gasteiger partial charge in [0.1, 0.15) is 0 Å². The molecule has 0 bridgehead atoms. The summed E-state index contributed by atoms with van der Waals surface area (Å²) in [5.74, 6) is 0.200. The summed E-state index contributed by atoms with van der Waals surface area (Å²) in [6.45, 7) is 1.09. The predicted molar refractivity (Wildman–Crippen MR) is 96.5 cm³/mol. The number of thiazole rings is 1. The second-order valence-electron chi connectivity index (χ2n) is 6.44. The first-order valence-electron chi connectivity index (χ1n) is 8.41. The maximum Gasteiger partial charge on any atom is 0.257 e. The van der Waals surface area contributed by atoms with Crippen LogP contribution in [0.25, 0.3) is 0 Å². The first-order chi connectivity index (χ1) is 12.0. The third-order valence-corrected chi connectivity index (χ3v) is 7.21. The van der Waals surface area contributed by atoms with Gasteiger partial charge < -0.3 is 0 Å². The van der Waals surface area contributed by atoms with Crippen molar-refractivity contribution >= 4 is 32.4 Å². The van der Waals surface area contributed by atoms with E-state index in [4.69, 9.17) is 0 Å². The Morgan fingerprint density at radius 3 is 2.72 bits per heavy atom. The molecule has 8 heteroatoms. The molecule has 1 amide bonds. The van der Waals surface area contributed by atoms with Crippen LogP contribution in [0.4, 0.5) is 5.13 Å². The summed E-state index contributed by atoms with van der Waals surface area (Å²) in [5, 5.41) is 5.30. The van der Waals surface area contributed by atoms with Gasteiger partial charge in [-0.05, 0) is 43.9 Å². The molecule has 2 aromatic rings. The van der Waals surface area contributed by atoms with Crippen molar-refractivity contribution in [3.8, 4) is 0 Å². The fraction of sp³-hybridized carbons (Fsp3) is 0.412. The second kappa shape index (κ2) is 6.51. The molecule has 2 heterocycles. The van der Waals surface area contributed by atoms with E-state index < -0.39 is 10.0 Å². The van der Waals surface area contributed by atoms with Gasteiger partial charge in [0.15, 0.2) is 5.13 Å². The fourth-order valence-corrected chi connectivity index (χ4v) is 5.31. The number of benzene rings is 1. The number of carbonyl (C=O) groups is 1. The minimum Gasteiger partial charge on any atom is -0.298 e. The topological polar surface area (TPSA) is 79.4 Å². The highest BCUT2D eigenvalue weighted by Crippen LogP contribution is 2.40. The molecule has 132 valence electrons. The van der Waals surface area contributed by atoms with E-state index in [2.05, 4.69) is 10.3 Å². The van der Waals surface area contributed by atoms with Crippen LogP contribution in [0.1, 0.15) is 47.7 Å². The summed E-state index contributed by atoms with van der Waals surface area (Å²) < 4.78 is 26.8. The molecule has 0 unspecified atom stereocenters. The number of rotatable bonds is 5. The van der Waals surface area contributed by atoms with Gasteiger partial charge in [-0.25, -0.2) is 13.4 Å². The lowest BCUT2D eigenvalue weighted by molar-refractivity contribution is 0.102. The maximum absolute atomic E-state index is 12.6. The van der Waals surface area contributed by atoms with E-state index in [0.717, 1.165) is 31.4 Å². The second-order valence-corrected chi connectivity index (χ2v) is 9.24. The average molecular weight is 377 g/mol. The molecule has 1 aliphatic carbocycles. The van der Waals surface area contributed by atoms with E-state index in [9.17, 15) is 13.2 Å². The van der Waals surface area contributed by atoms with Crippen LogP contribution in [0.2, 0.25) is 0 Å². The van der Waals surface area contributed by atoms with E-state index in [1.165, 1.54) is 21.7 Å². The number of nitrogens with zero attached hydrogens (tertiary/aromatic N) is 2. The zero-order valence-electron chi connectivity index (χ0n) is 13.6. The Hall–Kier alpha value is -1.77. The van der Waals surface area contributed by atoms with E-state index in [-0.39, 0.29) is 10.8 Å². The van der Waals surface area contributed by atoms with Crippen LogP contribution in [0.5, 0.6) is 0 Å². The molecule has 25 heavy (non-hydrogen) atoms. The third-order valence-electron chi connectivity index (χ3n) is 4.54. The van der Waals surface area contributed by atoms with E-state index in [0.29, 0.717) is 29.7 Å². The van der Waals surface area contributed by atoms with Crippen LogP contribution in [-0.2, 0) is 10.0 Å². The molecule has 2 aliphatic rings. The number of sulfonamides is 1. The number of nitrogens with one attached hydrogen (secondary N) is 1. The molecule has 0 atom stereocenters. The van der Waals surface area contributed by atoms with Crippen LogP contribution < -0.4 is 5.32 Å². The van der Waals surface area contributed by atoms with Gasteiger partial charge in [-0.2, -0.15) is 4.31 Å². The van der Waals surface area contributed by atoms with Crippen LogP contribution >= 0.6 is 11.3 Å². The van der Waals surface area contributed by atoms with Gasteiger partial charge in [-0.3, -0.25) is 10.1 Å². The Morgan fingerprint density at radius 1 is 1.24 bits per heavy atom. The van der Waals surface area contributed by atoms with Gasteiger partial charge in [0.05, 0.1) is 10.6 Å². The highest BCUT2D eigenvalue weighted by atomic mass is 32.2. The van der Waals surface area contributed by atoms with Crippen molar-refractivity contribution in [1.29, 1.82) is 0 Å². The number of amides is 1.